The molecule has 1 nitrogen and oxygen atoms in total. The van der Waals surface area contributed by atoms with E-state index in [0.717, 1.165) is 11.3 Å². The number of aryl methyl sites for hydroxylation is 1. The van der Waals surface area contributed by atoms with Gasteiger partial charge in [-0.25, -0.2) is 0 Å². The average Bonchev–Trinajstić information content (AvgIpc) is 2.38. The van der Waals surface area contributed by atoms with Crippen LogP contribution in [0.5, 0.6) is 5.75 Å². The Morgan fingerprint density at radius 1 is 1.11 bits per heavy atom. The molecule has 2 rings (SSSR count). The van der Waals surface area contributed by atoms with E-state index in [2.05, 4.69) is 56.8 Å². The summed E-state index contributed by atoms with van der Waals surface area (Å²) in [7, 11) is 0. The van der Waals surface area contributed by atoms with Gasteiger partial charge in [-0.3, -0.25) is 0 Å². The van der Waals surface area contributed by atoms with Crippen LogP contribution < -0.4 is 4.74 Å². The first-order valence-electron chi connectivity index (χ1n) is 6.12. The van der Waals surface area contributed by atoms with Gasteiger partial charge in [-0.1, -0.05) is 42.5 Å². The maximum Gasteiger partial charge on any atom is 0.123 e. The maximum atomic E-state index is 5.88. The lowest BCUT2D eigenvalue weighted by Crippen LogP contribution is -1.98. The fourth-order valence-corrected chi connectivity index (χ4v) is 1.93. The highest BCUT2D eigenvalue weighted by molar-refractivity contribution is 7.80. The van der Waals surface area contributed by atoms with E-state index in [1.165, 1.54) is 11.1 Å². The third-order valence-corrected chi connectivity index (χ3v) is 3.23. The first-order valence-corrected chi connectivity index (χ1v) is 6.64. The van der Waals surface area contributed by atoms with Gasteiger partial charge in [0.2, 0.25) is 0 Å². The second-order valence-electron chi connectivity index (χ2n) is 4.48. The van der Waals surface area contributed by atoms with E-state index >= 15 is 0 Å². The predicted octanol–water partition coefficient (Wildman–Crippen LogP) is 4.56. The summed E-state index contributed by atoms with van der Waals surface area (Å²) in [5.74, 6) is 0.942. The molecule has 1 atom stereocenters. The molecule has 0 aliphatic carbocycles. The Balaban J connectivity index is 2.11. The molecule has 0 saturated heterocycles. The first-order chi connectivity index (χ1) is 8.66. The second kappa shape index (κ2) is 5.96. The highest BCUT2D eigenvalue weighted by atomic mass is 32.1. The van der Waals surface area contributed by atoms with Crippen LogP contribution in [-0.4, -0.2) is 0 Å². The van der Waals surface area contributed by atoms with E-state index < -0.39 is 0 Å². The van der Waals surface area contributed by atoms with Gasteiger partial charge in [0.25, 0.3) is 0 Å². The van der Waals surface area contributed by atoms with Gasteiger partial charge < -0.3 is 4.74 Å². The molecule has 0 spiro atoms. The Hall–Kier alpha value is -1.41. The SMILES string of the molecule is Cc1ccc(C(C)S)cc1OCc1ccccc1. The minimum atomic E-state index is 0.227. The van der Waals surface area contributed by atoms with Gasteiger partial charge in [-0.2, -0.15) is 12.6 Å². The molecule has 0 aliphatic heterocycles. The molecule has 0 heterocycles. The van der Waals surface area contributed by atoms with Crippen LogP contribution in [-0.2, 0) is 6.61 Å². The van der Waals surface area contributed by atoms with Crippen LogP contribution in [0, 0.1) is 6.92 Å². The summed E-state index contributed by atoms with van der Waals surface area (Å²) in [6, 6.07) is 16.5. The molecule has 2 aromatic rings. The predicted molar refractivity (Wildman–Crippen MR) is 79.4 cm³/mol. The van der Waals surface area contributed by atoms with Crippen molar-refractivity contribution in [3.05, 3.63) is 65.2 Å². The van der Waals surface area contributed by atoms with Crippen molar-refractivity contribution < 1.29 is 4.74 Å². The van der Waals surface area contributed by atoms with Crippen molar-refractivity contribution in [1.29, 1.82) is 0 Å². The monoisotopic (exact) mass is 258 g/mol. The molecule has 0 aliphatic rings. The Kier molecular flexibility index (Phi) is 4.32. The van der Waals surface area contributed by atoms with Crippen LogP contribution >= 0.6 is 12.6 Å². The zero-order valence-electron chi connectivity index (χ0n) is 10.8. The Morgan fingerprint density at radius 3 is 2.50 bits per heavy atom. The molecule has 0 N–H and O–H groups in total. The van der Waals surface area contributed by atoms with Gasteiger partial charge in [0.1, 0.15) is 12.4 Å². The van der Waals surface area contributed by atoms with Crippen LogP contribution in [0.1, 0.15) is 28.9 Å². The molecule has 0 bridgehead atoms. The zero-order chi connectivity index (χ0) is 13.0. The number of thiol groups is 1. The summed E-state index contributed by atoms with van der Waals surface area (Å²) in [6.45, 7) is 4.73. The molecule has 2 heteroatoms. The van der Waals surface area contributed by atoms with Crippen LogP contribution in [0.25, 0.3) is 0 Å². The third-order valence-electron chi connectivity index (χ3n) is 2.93. The molecule has 0 saturated carbocycles. The second-order valence-corrected chi connectivity index (χ2v) is 5.25. The smallest absolute Gasteiger partial charge is 0.123 e. The quantitative estimate of drug-likeness (QED) is 0.791. The van der Waals surface area contributed by atoms with Gasteiger partial charge >= 0.3 is 0 Å². The van der Waals surface area contributed by atoms with Crippen LogP contribution in [0.3, 0.4) is 0 Å². The maximum absolute atomic E-state index is 5.88. The Labute approximate surface area is 114 Å². The average molecular weight is 258 g/mol. The minimum absolute atomic E-state index is 0.227. The number of rotatable bonds is 4. The van der Waals surface area contributed by atoms with E-state index in [1.807, 2.05) is 18.2 Å². The van der Waals surface area contributed by atoms with Crippen LogP contribution in [0.15, 0.2) is 48.5 Å². The molecular formula is C16H18OS. The minimum Gasteiger partial charge on any atom is -0.489 e. The van der Waals surface area contributed by atoms with Gasteiger partial charge in [0.05, 0.1) is 0 Å². The van der Waals surface area contributed by atoms with Crippen molar-refractivity contribution in [1.82, 2.24) is 0 Å². The molecule has 0 aromatic heterocycles. The van der Waals surface area contributed by atoms with Crippen molar-refractivity contribution in [3.8, 4) is 5.75 Å². The van der Waals surface area contributed by atoms with Crippen molar-refractivity contribution in [3.63, 3.8) is 0 Å². The number of hydrogen-bond donors (Lipinski definition) is 1. The molecule has 2 aromatic carbocycles. The van der Waals surface area contributed by atoms with Crippen molar-refractivity contribution in [2.75, 3.05) is 0 Å². The molecule has 0 radical (unpaired) electrons. The fraction of sp³-hybridized carbons (Fsp3) is 0.250. The zero-order valence-corrected chi connectivity index (χ0v) is 11.7. The standard InChI is InChI=1S/C16H18OS/c1-12-8-9-15(13(2)18)10-16(12)17-11-14-6-4-3-5-7-14/h3-10,13,18H,11H2,1-2H3. The van der Waals surface area contributed by atoms with Crippen molar-refractivity contribution >= 4 is 12.6 Å². The summed E-state index contributed by atoms with van der Waals surface area (Å²) in [5, 5.41) is 0.227. The largest absolute Gasteiger partial charge is 0.489 e. The van der Waals surface area contributed by atoms with Crippen LogP contribution in [0.2, 0.25) is 0 Å². The molecule has 18 heavy (non-hydrogen) atoms. The molecular weight excluding hydrogens is 240 g/mol. The number of benzene rings is 2. The third kappa shape index (κ3) is 3.30. The highest BCUT2D eigenvalue weighted by Crippen LogP contribution is 2.26. The number of ether oxygens (including phenoxy) is 1. The number of hydrogen-bond acceptors (Lipinski definition) is 2. The van der Waals surface area contributed by atoms with E-state index in [-0.39, 0.29) is 5.25 Å². The highest BCUT2D eigenvalue weighted by Gasteiger charge is 2.05. The molecule has 0 fully saturated rings. The lowest BCUT2D eigenvalue weighted by atomic mass is 10.1. The van der Waals surface area contributed by atoms with Crippen LogP contribution in [0.4, 0.5) is 0 Å². The van der Waals surface area contributed by atoms with Gasteiger partial charge in [-0.05, 0) is 36.6 Å². The molecule has 0 amide bonds. The summed E-state index contributed by atoms with van der Waals surface area (Å²) < 4.78 is 5.88. The van der Waals surface area contributed by atoms with Crippen molar-refractivity contribution in [2.24, 2.45) is 0 Å². The van der Waals surface area contributed by atoms with Gasteiger partial charge in [0.15, 0.2) is 0 Å². The van der Waals surface area contributed by atoms with E-state index in [0.29, 0.717) is 6.61 Å². The lowest BCUT2D eigenvalue weighted by Gasteiger charge is -2.12. The summed E-state index contributed by atoms with van der Waals surface area (Å²) >= 11 is 4.45. The summed E-state index contributed by atoms with van der Waals surface area (Å²) in [4.78, 5) is 0. The summed E-state index contributed by atoms with van der Waals surface area (Å²) in [6.07, 6.45) is 0. The molecule has 1 unspecified atom stereocenters. The first kappa shape index (κ1) is 13.0. The van der Waals surface area contributed by atoms with Crippen molar-refractivity contribution in [2.45, 2.75) is 25.7 Å². The molecule has 94 valence electrons. The fourth-order valence-electron chi connectivity index (χ4n) is 1.77. The van der Waals surface area contributed by atoms with Gasteiger partial charge in [-0.15, -0.1) is 0 Å². The topological polar surface area (TPSA) is 9.23 Å². The Morgan fingerprint density at radius 2 is 1.83 bits per heavy atom. The normalized spacial score (nSPS) is 12.2. The van der Waals surface area contributed by atoms with E-state index in [9.17, 15) is 0 Å². The summed E-state index contributed by atoms with van der Waals surface area (Å²) in [5.41, 5.74) is 3.52. The van der Waals surface area contributed by atoms with E-state index in [4.69, 9.17) is 4.74 Å². The lowest BCUT2D eigenvalue weighted by molar-refractivity contribution is 0.304. The Bertz CT molecular complexity index is 506. The van der Waals surface area contributed by atoms with Gasteiger partial charge in [0, 0.05) is 5.25 Å². The van der Waals surface area contributed by atoms with E-state index in [1.54, 1.807) is 0 Å².